The molecule has 4 rings (SSSR count). The van der Waals surface area contributed by atoms with Crippen molar-refractivity contribution in [3.63, 3.8) is 0 Å². The first-order chi connectivity index (χ1) is 14.6. The summed E-state index contributed by atoms with van der Waals surface area (Å²) in [7, 11) is 0. The van der Waals surface area contributed by atoms with Gasteiger partial charge in [0.25, 0.3) is 0 Å². The van der Waals surface area contributed by atoms with Crippen LogP contribution in [0.1, 0.15) is 22.3 Å². The van der Waals surface area contributed by atoms with E-state index in [-0.39, 0.29) is 23.5 Å². The zero-order valence-corrected chi connectivity index (χ0v) is 16.6. The lowest BCUT2D eigenvalue weighted by Gasteiger charge is -2.37. The van der Waals surface area contributed by atoms with Gasteiger partial charge in [0.15, 0.2) is 0 Å². The molecule has 1 aliphatic heterocycles. The van der Waals surface area contributed by atoms with E-state index in [2.05, 4.69) is 15.2 Å². The third-order valence-corrected chi connectivity index (χ3v) is 5.65. The summed E-state index contributed by atoms with van der Waals surface area (Å²) in [6.45, 7) is 2.63. The topological polar surface area (TPSA) is 28.2 Å². The van der Waals surface area contributed by atoms with E-state index >= 15 is 0 Å². The van der Waals surface area contributed by atoms with Crippen molar-refractivity contribution in [2.45, 2.75) is 32.0 Å². The maximum absolute atomic E-state index is 13.7. The predicted molar refractivity (Wildman–Crippen MR) is 110 cm³/mol. The molecule has 0 saturated heterocycles. The quantitative estimate of drug-likeness (QED) is 0.589. The fourth-order valence-corrected chi connectivity index (χ4v) is 4.02. The molecule has 3 nitrogen and oxygen atoms in total. The van der Waals surface area contributed by atoms with E-state index in [1.165, 1.54) is 24.4 Å². The number of halogens is 3. The molecule has 2 heterocycles. The van der Waals surface area contributed by atoms with Crippen molar-refractivity contribution in [1.29, 1.82) is 0 Å². The van der Waals surface area contributed by atoms with Gasteiger partial charge >= 0.3 is 0 Å². The highest BCUT2D eigenvalue weighted by molar-refractivity contribution is 5.32. The highest BCUT2D eigenvalue weighted by atomic mass is 19.1. The minimum Gasteiger partial charge on any atom is -0.311 e. The molecule has 2 aromatic carbocycles. The van der Waals surface area contributed by atoms with Crippen LogP contribution in [0.2, 0.25) is 0 Å². The summed E-state index contributed by atoms with van der Waals surface area (Å²) >= 11 is 0. The Balaban J connectivity index is 1.43. The van der Waals surface area contributed by atoms with E-state index in [0.29, 0.717) is 18.7 Å². The Morgan fingerprint density at radius 2 is 1.77 bits per heavy atom. The van der Waals surface area contributed by atoms with E-state index in [0.717, 1.165) is 42.6 Å². The fraction of sp³-hybridized carbons (Fsp3) is 0.292. The Hall–Kier alpha value is -2.70. The van der Waals surface area contributed by atoms with Gasteiger partial charge in [-0.3, -0.25) is 9.88 Å². The molecule has 6 heteroatoms. The van der Waals surface area contributed by atoms with Crippen molar-refractivity contribution in [3.8, 4) is 0 Å². The highest BCUT2D eigenvalue weighted by Gasteiger charge is 2.26. The van der Waals surface area contributed by atoms with Gasteiger partial charge in [0.1, 0.15) is 17.5 Å². The Morgan fingerprint density at radius 1 is 0.967 bits per heavy atom. The maximum Gasteiger partial charge on any atom is 0.145 e. The van der Waals surface area contributed by atoms with Gasteiger partial charge in [-0.05, 0) is 59.9 Å². The lowest BCUT2D eigenvalue weighted by Crippen LogP contribution is -2.44. The van der Waals surface area contributed by atoms with Gasteiger partial charge in [0, 0.05) is 44.0 Å². The lowest BCUT2D eigenvalue weighted by atomic mass is 9.90. The maximum atomic E-state index is 13.7. The van der Waals surface area contributed by atoms with E-state index in [1.54, 1.807) is 30.5 Å². The van der Waals surface area contributed by atoms with Crippen molar-refractivity contribution in [1.82, 2.24) is 15.2 Å². The molecule has 0 spiro atoms. The van der Waals surface area contributed by atoms with Crippen LogP contribution in [0.15, 0.2) is 60.9 Å². The van der Waals surface area contributed by atoms with Crippen LogP contribution in [-0.2, 0) is 25.9 Å². The first-order valence-corrected chi connectivity index (χ1v) is 10.1. The molecule has 30 heavy (non-hydrogen) atoms. The van der Waals surface area contributed by atoms with E-state index < -0.39 is 0 Å². The second kappa shape index (κ2) is 9.41. The lowest BCUT2D eigenvalue weighted by molar-refractivity contribution is 0.170. The summed E-state index contributed by atoms with van der Waals surface area (Å²) in [5.74, 6) is -0.781. The monoisotopic (exact) mass is 411 g/mol. The van der Waals surface area contributed by atoms with Gasteiger partial charge in [0.2, 0.25) is 0 Å². The van der Waals surface area contributed by atoms with Crippen LogP contribution in [0.25, 0.3) is 0 Å². The van der Waals surface area contributed by atoms with Crippen molar-refractivity contribution in [2.24, 2.45) is 0 Å². The minimum atomic E-state index is -0.312. The van der Waals surface area contributed by atoms with Crippen molar-refractivity contribution >= 4 is 0 Å². The van der Waals surface area contributed by atoms with E-state index in [4.69, 9.17) is 0 Å². The first kappa shape index (κ1) is 20.6. The molecule has 3 aromatic rings. The molecular weight excluding hydrogens is 387 g/mol. The SMILES string of the molecule is Fc1ccc(CC2Cc3cc(F)ccc3CN2CCNCc2ccncc2F)cc1. The zero-order valence-electron chi connectivity index (χ0n) is 16.6. The molecule has 0 fully saturated rings. The first-order valence-electron chi connectivity index (χ1n) is 10.1. The second-order valence-electron chi connectivity index (χ2n) is 7.72. The van der Waals surface area contributed by atoms with Crippen LogP contribution in [0, 0.1) is 17.5 Å². The molecule has 1 aromatic heterocycles. The molecule has 0 bridgehead atoms. The zero-order chi connectivity index (χ0) is 20.9. The number of pyridine rings is 1. The number of rotatable bonds is 7. The van der Waals surface area contributed by atoms with Gasteiger partial charge in [-0.15, -0.1) is 0 Å². The summed E-state index contributed by atoms with van der Waals surface area (Å²) < 4.78 is 40.7. The summed E-state index contributed by atoms with van der Waals surface area (Å²) in [6, 6.07) is 13.4. The van der Waals surface area contributed by atoms with Gasteiger partial charge < -0.3 is 5.32 Å². The van der Waals surface area contributed by atoms with Crippen LogP contribution in [-0.4, -0.2) is 29.0 Å². The summed E-state index contributed by atoms with van der Waals surface area (Å²) in [6.07, 6.45) is 4.30. The van der Waals surface area contributed by atoms with Gasteiger partial charge in [-0.1, -0.05) is 18.2 Å². The largest absolute Gasteiger partial charge is 0.311 e. The summed E-state index contributed by atoms with van der Waals surface area (Å²) in [5, 5.41) is 3.30. The molecule has 156 valence electrons. The number of nitrogens with zero attached hydrogens (tertiary/aromatic N) is 2. The number of benzene rings is 2. The van der Waals surface area contributed by atoms with Crippen molar-refractivity contribution in [2.75, 3.05) is 13.1 Å². The Bertz CT molecular complexity index is 991. The smallest absolute Gasteiger partial charge is 0.145 e. The number of nitrogens with one attached hydrogen (secondary N) is 1. The third-order valence-electron chi connectivity index (χ3n) is 5.65. The number of hydrogen-bond donors (Lipinski definition) is 1. The standard InChI is InChI=1S/C24H24F3N3/c25-21-4-1-17(2-5-21)11-23-13-20-12-22(26)6-3-19(20)16-30(23)10-9-29-14-18-7-8-28-15-24(18)27/h1-8,12,15,23,29H,9-11,13-14,16H2. The number of fused-ring (bicyclic) bond motifs is 1. The Morgan fingerprint density at radius 3 is 2.57 bits per heavy atom. The average Bonchev–Trinajstić information content (AvgIpc) is 2.74. The van der Waals surface area contributed by atoms with Crippen molar-refractivity contribution in [3.05, 3.63) is 101 Å². The fourth-order valence-electron chi connectivity index (χ4n) is 4.02. The summed E-state index contributed by atoms with van der Waals surface area (Å²) in [5.41, 5.74) is 3.81. The molecule has 0 amide bonds. The van der Waals surface area contributed by atoms with Crippen LogP contribution < -0.4 is 5.32 Å². The van der Waals surface area contributed by atoms with Crippen LogP contribution in [0.3, 0.4) is 0 Å². The van der Waals surface area contributed by atoms with Gasteiger partial charge in [-0.25, -0.2) is 13.2 Å². The summed E-state index contributed by atoms with van der Waals surface area (Å²) in [4.78, 5) is 6.13. The number of aromatic nitrogens is 1. The molecule has 1 aliphatic rings. The second-order valence-corrected chi connectivity index (χ2v) is 7.72. The van der Waals surface area contributed by atoms with Gasteiger partial charge in [-0.2, -0.15) is 0 Å². The van der Waals surface area contributed by atoms with E-state index in [9.17, 15) is 13.2 Å². The Labute approximate surface area is 174 Å². The molecule has 1 N–H and O–H groups in total. The van der Waals surface area contributed by atoms with Crippen LogP contribution in [0.5, 0.6) is 0 Å². The number of hydrogen-bond acceptors (Lipinski definition) is 3. The van der Waals surface area contributed by atoms with E-state index in [1.807, 2.05) is 6.07 Å². The van der Waals surface area contributed by atoms with Crippen LogP contribution in [0.4, 0.5) is 13.2 Å². The predicted octanol–water partition coefficient (Wildman–Crippen LogP) is 4.26. The highest BCUT2D eigenvalue weighted by Crippen LogP contribution is 2.26. The average molecular weight is 411 g/mol. The molecule has 0 radical (unpaired) electrons. The minimum absolute atomic E-state index is 0.184. The van der Waals surface area contributed by atoms with Gasteiger partial charge in [0.05, 0.1) is 6.20 Å². The molecule has 1 atom stereocenters. The third kappa shape index (κ3) is 5.07. The van der Waals surface area contributed by atoms with Crippen LogP contribution >= 0.6 is 0 Å². The molecule has 0 aliphatic carbocycles. The molecular formula is C24H24F3N3. The normalized spacial score (nSPS) is 16.4. The molecule has 1 unspecified atom stereocenters. The Kier molecular flexibility index (Phi) is 6.45. The van der Waals surface area contributed by atoms with Crippen molar-refractivity contribution < 1.29 is 13.2 Å². The molecule has 0 saturated carbocycles.